The minimum absolute atomic E-state index is 0.140. The summed E-state index contributed by atoms with van der Waals surface area (Å²) in [6, 6.07) is 20.8. The van der Waals surface area contributed by atoms with E-state index in [1.54, 1.807) is 24.3 Å². The molecular weight excluding hydrogens is 468 g/mol. The summed E-state index contributed by atoms with van der Waals surface area (Å²) in [7, 11) is 0. The lowest BCUT2D eigenvalue weighted by Gasteiger charge is -2.23. The van der Waals surface area contributed by atoms with Crippen LogP contribution in [-0.4, -0.2) is 36.2 Å². The van der Waals surface area contributed by atoms with Crippen LogP contribution in [0, 0.1) is 0 Å². The van der Waals surface area contributed by atoms with Crippen molar-refractivity contribution in [1.82, 2.24) is 0 Å². The molecule has 0 spiro atoms. The van der Waals surface area contributed by atoms with Crippen LogP contribution in [-0.2, 0) is 16.0 Å². The molecular formula is C30H30N2O5. The summed E-state index contributed by atoms with van der Waals surface area (Å²) in [4.78, 5) is 24.5. The van der Waals surface area contributed by atoms with E-state index in [2.05, 4.69) is 10.6 Å². The van der Waals surface area contributed by atoms with Crippen LogP contribution in [0.5, 0.6) is 11.5 Å². The largest absolute Gasteiger partial charge is 0.494 e. The minimum Gasteiger partial charge on any atom is -0.494 e. The predicted molar refractivity (Wildman–Crippen MR) is 145 cm³/mol. The van der Waals surface area contributed by atoms with Gasteiger partial charge < -0.3 is 25.2 Å². The lowest BCUT2D eigenvalue weighted by molar-refractivity contribution is -0.124. The van der Waals surface area contributed by atoms with E-state index in [1.807, 2.05) is 68.5 Å². The molecule has 4 rings (SSSR count). The second kappa shape index (κ2) is 12.1. The first-order valence-electron chi connectivity index (χ1n) is 12.2. The molecule has 0 bridgehead atoms. The van der Waals surface area contributed by atoms with Crippen molar-refractivity contribution in [1.29, 1.82) is 0 Å². The van der Waals surface area contributed by atoms with Gasteiger partial charge in [0.1, 0.15) is 17.6 Å². The molecule has 3 aromatic rings. The zero-order chi connectivity index (χ0) is 26.2. The number of aliphatic hydroxyl groups is 1. The average molecular weight is 499 g/mol. The van der Waals surface area contributed by atoms with Crippen molar-refractivity contribution in [2.75, 3.05) is 23.8 Å². The Morgan fingerprint density at radius 1 is 0.973 bits per heavy atom. The quantitative estimate of drug-likeness (QED) is 0.286. The van der Waals surface area contributed by atoms with Crippen LogP contribution in [0.3, 0.4) is 0 Å². The molecule has 3 aromatic carbocycles. The standard InChI is InChI=1S/C30H30N2O5/c1-3-36-22-15-11-20(12-16-22)24(21-13-17-23(18-14-21)37-4-2)7-5-10-29(34)31-26-8-6-9-27-25(26)19-28(33)30(35)32-27/h5-18,28,33H,3-4,19H2,1-2H3,(H,31,34)(H,32,35). The number of fused-ring (bicyclic) bond motifs is 1. The van der Waals surface area contributed by atoms with Gasteiger partial charge in [0.25, 0.3) is 5.91 Å². The van der Waals surface area contributed by atoms with E-state index >= 15 is 0 Å². The Kier molecular flexibility index (Phi) is 8.38. The van der Waals surface area contributed by atoms with Crippen molar-refractivity contribution in [3.05, 3.63) is 102 Å². The summed E-state index contributed by atoms with van der Waals surface area (Å²) in [6.07, 6.45) is 4.02. The van der Waals surface area contributed by atoms with Crippen LogP contribution in [0.4, 0.5) is 11.4 Å². The van der Waals surface area contributed by atoms with E-state index in [1.165, 1.54) is 6.08 Å². The van der Waals surface area contributed by atoms with Crippen molar-refractivity contribution in [2.45, 2.75) is 26.4 Å². The number of benzene rings is 3. The molecule has 0 saturated heterocycles. The van der Waals surface area contributed by atoms with Crippen LogP contribution in [0.15, 0.2) is 85.0 Å². The Hall–Kier alpha value is -4.36. The Morgan fingerprint density at radius 2 is 1.57 bits per heavy atom. The first kappa shape index (κ1) is 25.7. The van der Waals surface area contributed by atoms with E-state index in [0.29, 0.717) is 30.2 Å². The average Bonchev–Trinajstić information content (AvgIpc) is 2.89. The molecule has 37 heavy (non-hydrogen) atoms. The van der Waals surface area contributed by atoms with Crippen LogP contribution in [0.1, 0.15) is 30.5 Å². The molecule has 0 saturated carbocycles. The van der Waals surface area contributed by atoms with Crippen molar-refractivity contribution >= 4 is 28.8 Å². The zero-order valence-electron chi connectivity index (χ0n) is 20.9. The third-order valence-corrected chi connectivity index (χ3v) is 5.86. The van der Waals surface area contributed by atoms with Gasteiger partial charge in [0.2, 0.25) is 5.91 Å². The molecule has 0 aliphatic carbocycles. The van der Waals surface area contributed by atoms with Gasteiger partial charge in [-0.15, -0.1) is 0 Å². The van der Waals surface area contributed by atoms with E-state index in [0.717, 1.165) is 28.2 Å². The fourth-order valence-corrected chi connectivity index (χ4v) is 4.10. The number of carbonyl (C=O) groups excluding carboxylic acids is 2. The maximum atomic E-state index is 12.7. The molecule has 7 heteroatoms. The van der Waals surface area contributed by atoms with E-state index < -0.39 is 12.0 Å². The number of allylic oxidation sites excluding steroid dienone is 2. The fourth-order valence-electron chi connectivity index (χ4n) is 4.10. The summed E-state index contributed by atoms with van der Waals surface area (Å²) in [6.45, 7) is 5.07. The highest BCUT2D eigenvalue weighted by Crippen LogP contribution is 2.30. The number of rotatable bonds is 9. The van der Waals surface area contributed by atoms with Crippen molar-refractivity contribution < 1.29 is 24.2 Å². The lowest BCUT2D eigenvalue weighted by atomic mass is 9.97. The summed E-state index contributed by atoms with van der Waals surface area (Å²) < 4.78 is 11.1. The molecule has 2 amide bonds. The van der Waals surface area contributed by atoms with E-state index in [-0.39, 0.29) is 12.3 Å². The number of anilines is 2. The molecule has 7 nitrogen and oxygen atoms in total. The first-order chi connectivity index (χ1) is 18.0. The molecule has 0 fully saturated rings. The third-order valence-electron chi connectivity index (χ3n) is 5.86. The Labute approximate surface area is 216 Å². The van der Waals surface area contributed by atoms with E-state index in [4.69, 9.17) is 9.47 Å². The monoisotopic (exact) mass is 498 g/mol. The van der Waals surface area contributed by atoms with Gasteiger partial charge in [-0.3, -0.25) is 9.59 Å². The fraction of sp³-hybridized carbons (Fsp3) is 0.200. The number of aliphatic hydroxyl groups excluding tert-OH is 1. The molecule has 0 aromatic heterocycles. The maximum Gasteiger partial charge on any atom is 0.253 e. The number of carbonyl (C=O) groups is 2. The Balaban J connectivity index is 1.56. The number of amides is 2. The minimum atomic E-state index is -1.14. The number of hydrogen-bond acceptors (Lipinski definition) is 5. The van der Waals surface area contributed by atoms with E-state index in [9.17, 15) is 14.7 Å². The van der Waals surface area contributed by atoms with Gasteiger partial charge in [0.05, 0.1) is 13.2 Å². The van der Waals surface area contributed by atoms with Gasteiger partial charge in [0, 0.05) is 29.4 Å². The van der Waals surface area contributed by atoms with Crippen LogP contribution >= 0.6 is 0 Å². The number of ether oxygens (including phenoxy) is 2. The van der Waals surface area contributed by atoms with Crippen molar-refractivity contribution in [3.8, 4) is 11.5 Å². The SMILES string of the molecule is CCOc1ccc(C(=CC=CC(=O)Nc2cccc3c2CC(O)C(=O)N3)c2ccc(OCC)cc2)cc1. The first-order valence-corrected chi connectivity index (χ1v) is 12.2. The second-order valence-electron chi connectivity index (χ2n) is 8.38. The van der Waals surface area contributed by atoms with Crippen molar-refractivity contribution in [3.63, 3.8) is 0 Å². The highest BCUT2D eigenvalue weighted by Gasteiger charge is 2.26. The summed E-state index contributed by atoms with van der Waals surface area (Å²) >= 11 is 0. The molecule has 1 heterocycles. The lowest BCUT2D eigenvalue weighted by Crippen LogP contribution is -2.34. The van der Waals surface area contributed by atoms with Crippen LogP contribution in [0.25, 0.3) is 5.57 Å². The second-order valence-corrected chi connectivity index (χ2v) is 8.38. The summed E-state index contributed by atoms with van der Waals surface area (Å²) in [5, 5.41) is 15.4. The topological polar surface area (TPSA) is 96.9 Å². The molecule has 190 valence electrons. The molecule has 1 aliphatic rings. The normalized spacial score (nSPS) is 14.5. The Bertz CT molecular complexity index is 1260. The highest BCUT2D eigenvalue weighted by atomic mass is 16.5. The van der Waals surface area contributed by atoms with Gasteiger partial charge >= 0.3 is 0 Å². The predicted octanol–water partition coefficient (Wildman–Crippen LogP) is 4.97. The van der Waals surface area contributed by atoms with Crippen molar-refractivity contribution in [2.24, 2.45) is 0 Å². The van der Waals surface area contributed by atoms with Gasteiger partial charge in [-0.05, 0) is 66.9 Å². The number of hydrogen-bond donors (Lipinski definition) is 3. The Morgan fingerprint density at radius 3 is 2.14 bits per heavy atom. The highest BCUT2D eigenvalue weighted by molar-refractivity contribution is 6.03. The molecule has 1 atom stereocenters. The van der Waals surface area contributed by atoms with Crippen LogP contribution < -0.4 is 20.1 Å². The summed E-state index contributed by atoms with van der Waals surface area (Å²) in [5.74, 6) is 0.810. The number of nitrogens with one attached hydrogen (secondary N) is 2. The van der Waals surface area contributed by atoms with Gasteiger partial charge in [-0.25, -0.2) is 0 Å². The molecule has 1 unspecified atom stereocenters. The van der Waals surface area contributed by atoms with Gasteiger partial charge in [-0.1, -0.05) is 42.5 Å². The smallest absolute Gasteiger partial charge is 0.253 e. The molecule has 3 N–H and O–H groups in total. The maximum absolute atomic E-state index is 12.7. The third kappa shape index (κ3) is 6.45. The van der Waals surface area contributed by atoms with Gasteiger partial charge in [-0.2, -0.15) is 0 Å². The molecule has 0 radical (unpaired) electrons. The van der Waals surface area contributed by atoms with Gasteiger partial charge in [0.15, 0.2) is 0 Å². The molecule has 1 aliphatic heterocycles. The zero-order valence-corrected chi connectivity index (χ0v) is 20.9. The summed E-state index contributed by atoms with van der Waals surface area (Å²) in [5.41, 5.74) is 4.70. The van der Waals surface area contributed by atoms with Crippen LogP contribution in [0.2, 0.25) is 0 Å².